The van der Waals surface area contributed by atoms with E-state index < -0.39 is 6.10 Å². The molecule has 0 fully saturated rings. The summed E-state index contributed by atoms with van der Waals surface area (Å²) in [5.74, 6) is 1.05. The van der Waals surface area contributed by atoms with Crippen LogP contribution < -0.4 is 14.8 Å². The summed E-state index contributed by atoms with van der Waals surface area (Å²) >= 11 is 0. The highest BCUT2D eigenvalue weighted by atomic mass is 16.6. The van der Waals surface area contributed by atoms with Crippen LogP contribution in [0.15, 0.2) is 24.3 Å². The number of hydrogen-bond donors (Lipinski definition) is 2. The third-order valence-corrected chi connectivity index (χ3v) is 3.12. The zero-order valence-corrected chi connectivity index (χ0v) is 11.0. The maximum Gasteiger partial charge on any atom is 0.264 e. The van der Waals surface area contributed by atoms with Crippen LogP contribution in [-0.2, 0) is 4.79 Å². The number of hydrogen-bond acceptors (Lipinski definition) is 4. The molecule has 19 heavy (non-hydrogen) atoms. The number of amides is 1. The van der Waals surface area contributed by atoms with E-state index in [0.717, 1.165) is 6.42 Å². The van der Waals surface area contributed by atoms with Crippen molar-refractivity contribution in [1.82, 2.24) is 5.32 Å². The zero-order valence-electron chi connectivity index (χ0n) is 11.0. The van der Waals surface area contributed by atoms with Crippen molar-refractivity contribution in [2.45, 2.75) is 31.9 Å². The fourth-order valence-electron chi connectivity index (χ4n) is 1.98. The van der Waals surface area contributed by atoms with Crippen LogP contribution in [0.1, 0.15) is 19.8 Å². The lowest BCUT2D eigenvalue weighted by molar-refractivity contribution is -0.131. The molecule has 2 N–H and O–H groups in total. The third kappa shape index (κ3) is 3.38. The average molecular weight is 265 g/mol. The van der Waals surface area contributed by atoms with Gasteiger partial charge in [0.1, 0.15) is 6.61 Å². The van der Waals surface area contributed by atoms with Gasteiger partial charge in [-0.25, -0.2) is 0 Å². The van der Waals surface area contributed by atoms with Crippen LogP contribution in [0.5, 0.6) is 11.5 Å². The van der Waals surface area contributed by atoms with Crippen LogP contribution in [0.4, 0.5) is 0 Å². The van der Waals surface area contributed by atoms with Crippen molar-refractivity contribution >= 4 is 5.91 Å². The zero-order chi connectivity index (χ0) is 13.7. The largest absolute Gasteiger partial charge is 0.485 e. The highest BCUT2D eigenvalue weighted by Crippen LogP contribution is 2.30. The summed E-state index contributed by atoms with van der Waals surface area (Å²) in [6.07, 6.45) is 0.686. The Morgan fingerprint density at radius 1 is 1.47 bits per heavy atom. The third-order valence-electron chi connectivity index (χ3n) is 3.12. The monoisotopic (exact) mass is 265 g/mol. The Bertz CT molecular complexity index is 435. The summed E-state index contributed by atoms with van der Waals surface area (Å²) in [4.78, 5) is 12.1. The second kappa shape index (κ2) is 6.43. The van der Waals surface area contributed by atoms with Gasteiger partial charge in [-0.15, -0.1) is 0 Å². The van der Waals surface area contributed by atoms with Crippen molar-refractivity contribution in [2.75, 3.05) is 13.2 Å². The van der Waals surface area contributed by atoms with E-state index in [1.807, 2.05) is 25.1 Å². The number of aliphatic hydroxyl groups excluding tert-OH is 1. The molecular formula is C14H19NO4. The van der Waals surface area contributed by atoms with Gasteiger partial charge in [0.25, 0.3) is 5.91 Å². The number of nitrogens with one attached hydrogen (secondary N) is 1. The van der Waals surface area contributed by atoms with Crippen molar-refractivity contribution in [3.05, 3.63) is 24.3 Å². The molecule has 1 aromatic rings. The fourth-order valence-corrected chi connectivity index (χ4v) is 1.98. The van der Waals surface area contributed by atoms with Gasteiger partial charge in [-0.2, -0.15) is 0 Å². The van der Waals surface area contributed by atoms with E-state index in [9.17, 15) is 4.79 Å². The Kier molecular flexibility index (Phi) is 4.63. The van der Waals surface area contributed by atoms with Crippen molar-refractivity contribution in [2.24, 2.45) is 0 Å². The molecule has 5 heteroatoms. The molecule has 1 amide bonds. The van der Waals surface area contributed by atoms with Crippen LogP contribution in [0, 0.1) is 0 Å². The van der Waals surface area contributed by atoms with Gasteiger partial charge in [-0.05, 0) is 25.0 Å². The molecule has 1 aliphatic heterocycles. The molecule has 104 valence electrons. The maximum absolute atomic E-state index is 12.1. The maximum atomic E-state index is 12.1. The molecular weight excluding hydrogens is 246 g/mol. The predicted octanol–water partition coefficient (Wildman–Crippen LogP) is 1.10. The normalized spacial score (nSPS) is 18.7. The van der Waals surface area contributed by atoms with Gasteiger partial charge in [-0.1, -0.05) is 19.1 Å². The van der Waals surface area contributed by atoms with Crippen LogP contribution in [0.25, 0.3) is 0 Å². The Morgan fingerprint density at radius 3 is 2.89 bits per heavy atom. The van der Waals surface area contributed by atoms with Gasteiger partial charge >= 0.3 is 0 Å². The lowest BCUT2D eigenvalue weighted by Gasteiger charge is -2.27. The molecule has 0 aromatic heterocycles. The number of carbonyl (C=O) groups excluding carboxylic acids is 1. The minimum Gasteiger partial charge on any atom is -0.485 e. The number of ether oxygens (including phenoxy) is 2. The second-order valence-electron chi connectivity index (χ2n) is 4.49. The van der Waals surface area contributed by atoms with E-state index in [2.05, 4.69) is 5.32 Å². The number of aliphatic hydroxyl groups is 1. The first-order valence-corrected chi connectivity index (χ1v) is 6.54. The predicted molar refractivity (Wildman–Crippen MR) is 70.3 cm³/mol. The van der Waals surface area contributed by atoms with Gasteiger partial charge in [0.2, 0.25) is 6.10 Å². The van der Waals surface area contributed by atoms with E-state index in [-0.39, 0.29) is 25.2 Å². The minimum absolute atomic E-state index is 0.0294. The van der Waals surface area contributed by atoms with E-state index in [1.165, 1.54) is 0 Å². The molecule has 2 unspecified atom stereocenters. The molecule has 1 aliphatic rings. The van der Waals surface area contributed by atoms with E-state index in [0.29, 0.717) is 17.9 Å². The quantitative estimate of drug-likeness (QED) is 0.836. The molecule has 0 bridgehead atoms. The molecule has 1 aromatic carbocycles. The molecule has 2 rings (SSSR count). The Labute approximate surface area is 112 Å². The summed E-state index contributed by atoms with van der Waals surface area (Å²) in [7, 11) is 0. The Hall–Kier alpha value is -1.75. The number of carbonyl (C=O) groups is 1. The van der Waals surface area contributed by atoms with Crippen molar-refractivity contribution < 1.29 is 19.4 Å². The molecule has 0 spiro atoms. The second-order valence-corrected chi connectivity index (χ2v) is 4.49. The SMILES string of the molecule is CCC(CCO)NC(=O)C1COc2ccccc2O1. The molecule has 0 radical (unpaired) electrons. The molecule has 2 atom stereocenters. The smallest absolute Gasteiger partial charge is 0.264 e. The van der Waals surface area contributed by atoms with E-state index in [1.54, 1.807) is 6.07 Å². The average Bonchev–Trinajstić information content (AvgIpc) is 2.46. The van der Waals surface area contributed by atoms with Gasteiger partial charge in [-0.3, -0.25) is 4.79 Å². The first-order chi connectivity index (χ1) is 9.24. The molecule has 0 saturated heterocycles. The summed E-state index contributed by atoms with van der Waals surface area (Å²) < 4.78 is 11.1. The van der Waals surface area contributed by atoms with Gasteiger partial charge < -0.3 is 19.9 Å². The summed E-state index contributed by atoms with van der Waals surface area (Å²) in [6.45, 7) is 2.23. The first kappa shape index (κ1) is 13.7. The standard InChI is InChI=1S/C14H19NO4/c1-2-10(7-8-16)15-14(17)13-9-18-11-5-3-4-6-12(11)19-13/h3-6,10,13,16H,2,7-9H2,1H3,(H,15,17). The summed E-state index contributed by atoms with van der Waals surface area (Å²) in [6, 6.07) is 7.25. The van der Waals surface area contributed by atoms with Crippen LogP contribution in [0.3, 0.4) is 0 Å². The topological polar surface area (TPSA) is 67.8 Å². The van der Waals surface area contributed by atoms with Crippen molar-refractivity contribution in [3.8, 4) is 11.5 Å². The Balaban J connectivity index is 1.95. The van der Waals surface area contributed by atoms with Gasteiger partial charge in [0.15, 0.2) is 11.5 Å². The van der Waals surface area contributed by atoms with Crippen molar-refractivity contribution in [3.63, 3.8) is 0 Å². The van der Waals surface area contributed by atoms with Crippen LogP contribution in [0.2, 0.25) is 0 Å². The summed E-state index contributed by atoms with van der Waals surface area (Å²) in [5.41, 5.74) is 0. The number of para-hydroxylation sites is 2. The first-order valence-electron chi connectivity index (χ1n) is 6.54. The lowest BCUT2D eigenvalue weighted by atomic mass is 10.1. The van der Waals surface area contributed by atoms with Crippen LogP contribution >= 0.6 is 0 Å². The lowest BCUT2D eigenvalue weighted by Crippen LogP contribution is -2.47. The van der Waals surface area contributed by atoms with Gasteiger partial charge in [0.05, 0.1) is 0 Å². The molecule has 5 nitrogen and oxygen atoms in total. The fraction of sp³-hybridized carbons (Fsp3) is 0.500. The highest BCUT2D eigenvalue weighted by molar-refractivity contribution is 5.82. The van der Waals surface area contributed by atoms with Gasteiger partial charge in [0, 0.05) is 12.6 Å². The Morgan fingerprint density at radius 2 is 2.21 bits per heavy atom. The van der Waals surface area contributed by atoms with Crippen molar-refractivity contribution in [1.29, 1.82) is 0 Å². The van der Waals surface area contributed by atoms with E-state index in [4.69, 9.17) is 14.6 Å². The number of benzene rings is 1. The number of fused-ring (bicyclic) bond motifs is 1. The highest BCUT2D eigenvalue weighted by Gasteiger charge is 2.28. The molecule has 0 aliphatic carbocycles. The summed E-state index contributed by atoms with van der Waals surface area (Å²) in [5, 5.41) is 11.8. The van der Waals surface area contributed by atoms with E-state index >= 15 is 0 Å². The molecule has 0 saturated carbocycles. The minimum atomic E-state index is -0.636. The molecule has 1 heterocycles. The number of rotatable bonds is 5. The van der Waals surface area contributed by atoms with Crippen LogP contribution in [-0.4, -0.2) is 36.4 Å².